The van der Waals surface area contributed by atoms with Crippen LogP contribution >= 0.6 is 0 Å². The molecule has 1 amide bonds. The van der Waals surface area contributed by atoms with Gasteiger partial charge < -0.3 is 10.1 Å². The van der Waals surface area contributed by atoms with Crippen LogP contribution in [0.15, 0.2) is 101 Å². The minimum atomic E-state index is -3.94. The largest absolute Gasteiger partial charge is 0.495 e. The van der Waals surface area contributed by atoms with Gasteiger partial charge in [-0.1, -0.05) is 35.9 Å². The van der Waals surface area contributed by atoms with E-state index >= 15 is 0 Å². The van der Waals surface area contributed by atoms with Gasteiger partial charge in [0.25, 0.3) is 26.0 Å². The second kappa shape index (κ2) is 11.2. The minimum Gasteiger partial charge on any atom is -0.495 e. The summed E-state index contributed by atoms with van der Waals surface area (Å²) in [4.78, 5) is 13.1. The quantitative estimate of drug-likeness (QED) is 0.257. The molecule has 4 aromatic rings. The molecule has 0 fully saturated rings. The summed E-state index contributed by atoms with van der Waals surface area (Å²) >= 11 is 0. The smallest absolute Gasteiger partial charge is 0.262 e. The Kier molecular flexibility index (Phi) is 7.93. The molecule has 0 unspecified atom stereocenters. The van der Waals surface area contributed by atoms with Gasteiger partial charge in [-0.2, -0.15) is 0 Å². The summed E-state index contributed by atoms with van der Waals surface area (Å²) < 4.78 is 61.8. The van der Waals surface area contributed by atoms with Crippen LogP contribution < -0.4 is 19.5 Å². The van der Waals surface area contributed by atoms with Crippen molar-refractivity contribution in [1.82, 2.24) is 0 Å². The number of benzene rings is 4. The van der Waals surface area contributed by atoms with Crippen molar-refractivity contribution in [2.24, 2.45) is 0 Å². The van der Waals surface area contributed by atoms with Crippen LogP contribution in [-0.4, -0.2) is 29.9 Å². The van der Waals surface area contributed by atoms with Crippen LogP contribution in [0.5, 0.6) is 5.75 Å². The van der Waals surface area contributed by atoms with Gasteiger partial charge in [-0.25, -0.2) is 16.8 Å². The number of nitrogens with one attached hydrogen (secondary N) is 3. The number of amides is 1. The molecule has 3 N–H and O–H groups in total. The Morgan fingerprint density at radius 3 is 1.82 bits per heavy atom. The predicted molar refractivity (Wildman–Crippen MR) is 151 cm³/mol. The van der Waals surface area contributed by atoms with Crippen LogP contribution in [0, 0.1) is 13.8 Å². The first-order valence-corrected chi connectivity index (χ1v) is 14.7. The third-order valence-corrected chi connectivity index (χ3v) is 8.53. The molecule has 0 saturated heterocycles. The third-order valence-electron chi connectivity index (χ3n) is 5.77. The molecule has 4 rings (SSSR count). The molecule has 4 aromatic carbocycles. The van der Waals surface area contributed by atoms with Crippen molar-refractivity contribution in [3.8, 4) is 5.75 Å². The van der Waals surface area contributed by atoms with Crippen molar-refractivity contribution in [2.45, 2.75) is 23.6 Å². The monoisotopic (exact) mass is 565 g/mol. The van der Waals surface area contributed by atoms with Crippen molar-refractivity contribution in [3.05, 3.63) is 108 Å². The van der Waals surface area contributed by atoms with Gasteiger partial charge in [0.05, 0.1) is 33.8 Å². The third kappa shape index (κ3) is 6.57. The average molecular weight is 566 g/mol. The zero-order valence-electron chi connectivity index (χ0n) is 21.4. The van der Waals surface area contributed by atoms with E-state index in [-0.39, 0.29) is 21.0 Å². The van der Waals surface area contributed by atoms with Gasteiger partial charge in [0.1, 0.15) is 5.75 Å². The molecule has 9 nitrogen and oxygen atoms in total. The average Bonchev–Trinajstić information content (AvgIpc) is 2.89. The number of methoxy groups -OCH3 is 1. The van der Waals surface area contributed by atoms with Crippen molar-refractivity contribution in [2.75, 3.05) is 21.9 Å². The summed E-state index contributed by atoms with van der Waals surface area (Å²) in [7, 11) is -6.41. The highest BCUT2D eigenvalue weighted by atomic mass is 32.2. The number of hydrogen-bond donors (Lipinski definition) is 3. The molecule has 0 bridgehead atoms. The van der Waals surface area contributed by atoms with Crippen molar-refractivity contribution < 1.29 is 26.4 Å². The van der Waals surface area contributed by atoms with E-state index < -0.39 is 26.0 Å². The molecule has 39 heavy (non-hydrogen) atoms. The Bertz CT molecular complexity index is 1720. The Morgan fingerprint density at radius 1 is 0.667 bits per heavy atom. The predicted octanol–water partition coefficient (Wildman–Crippen LogP) is 5.17. The van der Waals surface area contributed by atoms with E-state index in [1.807, 2.05) is 13.8 Å². The highest BCUT2D eigenvalue weighted by Crippen LogP contribution is 2.28. The number of rotatable bonds is 9. The molecule has 0 atom stereocenters. The fraction of sp³-hybridized carbons (Fsp3) is 0.107. The van der Waals surface area contributed by atoms with Gasteiger partial charge in [0, 0.05) is 5.69 Å². The number of sulfonamides is 2. The molecule has 0 aromatic heterocycles. The van der Waals surface area contributed by atoms with Crippen molar-refractivity contribution in [1.29, 1.82) is 0 Å². The van der Waals surface area contributed by atoms with Crippen LogP contribution in [-0.2, 0) is 20.0 Å². The zero-order chi connectivity index (χ0) is 28.2. The Labute approximate surface area is 228 Å². The lowest BCUT2D eigenvalue weighted by molar-refractivity contribution is 0.102. The molecule has 0 aliphatic heterocycles. The van der Waals surface area contributed by atoms with Gasteiger partial charge in [-0.05, 0) is 80.1 Å². The molecule has 11 heteroatoms. The van der Waals surface area contributed by atoms with E-state index in [2.05, 4.69) is 14.8 Å². The SMILES string of the molecule is COc1ccc(C)cc1NS(=O)(=O)c1ccc(NC(=O)c2ccccc2NS(=O)(=O)c2ccc(C)cc2)cc1. The van der Waals surface area contributed by atoms with E-state index in [9.17, 15) is 21.6 Å². The Balaban J connectivity index is 1.51. The first kappa shape index (κ1) is 27.7. The first-order chi connectivity index (χ1) is 18.5. The summed E-state index contributed by atoms with van der Waals surface area (Å²) in [5.41, 5.74) is 2.60. The van der Waals surface area contributed by atoms with E-state index in [1.165, 1.54) is 55.6 Å². The highest BCUT2D eigenvalue weighted by Gasteiger charge is 2.20. The van der Waals surface area contributed by atoms with Crippen LogP contribution in [0.4, 0.5) is 17.1 Å². The fourth-order valence-corrected chi connectivity index (χ4v) is 5.85. The van der Waals surface area contributed by atoms with E-state index in [4.69, 9.17) is 4.74 Å². The molecule has 0 saturated carbocycles. The standard InChI is InChI=1S/C28H27N3O6S2/c1-19-8-13-22(14-9-19)38(33,34)30-25-7-5-4-6-24(25)28(32)29-21-11-15-23(16-12-21)39(35,36)31-26-18-20(2)10-17-27(26)37-3/h4-18,30-31H,1-3H3,(H,29,32). The number of aryl methyl sites for hydroxylation is 2. The molecule has 0 heterocycles. The maximum absolute atomic E-state index is 13.0. The van der Waals surface area contributed by atoms with Crippen LogP contribution in [0.1, 0.15) is 21.5 Å². The zero-order valence-corrected chi connectivity index (χ0v) is 23.1. The Hall–Kier alpha value is -4.35. The summed E-state index contributed by atoms with van der Waals surface area (Å²) in [6.07, 6.45) is 0. The summed E-state index contributed by atoms with van der Waals surface area (Å²) in [5, 5.41) is 2.68. The van der Waals surface area contributed by atoms with Crippen LogP contribution in [0.3, 0.4) is 0 Å². The fourth-order valence-electron chi connectivity index (χ4n) is 3.71. The van der Waals surface area contributed by atoms with Gasteiger partial charge in [-0.3, -0.25) is 14.2 Å². The lowest BCUT2D eigenvalue weighted by Crippen LogP contribution is -2.18. The van der Waals surface area contributed by atoms with Crippen LogP contribution in [0.2, 0.25) is 0 Å². The number of anilines is 3. The van der Waals surface area contributed by atoms with E-state index in [0.717, 1.165) is 11.1 Å². The van der Waals surface area contributed by atoms with Gasteiger partial charge >= 0.3 is 0 Å². The number of carbonyl (C=O) groups excluding carboxylic acids is 1. The van der Waals surface area contributed by atoms with E-state index in [1.54, 1.807) is 42.5 Å². The van der Waals surface area contributed by atoms with Crippen molar-refractivity contribution >= 4 is 43.0 Å². The second-order valence-corrected chi connectivity index (χ2v) is 12.1. The molecule has 0 aliphatic carbocycles. The summed E-state index contributed by atoms with van der Waals surface area (Å²) in [6.45, 7) is 3.68. The second-order valence-electron chi connectivity index (χ2n) is 8.75. The maximum atomic E-state index is 13.0. The first-order valence-electron chi connectivity index (χ1n) is 11.8. The van der Waals surface area contributed by atoms with E-state index in [0.29, 0.717) is 17.1 Å². The Morgan fingerprint density at radius 2 is 1.21 bits per heavy atom. The molecular weight excluding hydrogens is 538 g/mol. The number of para-hydroxylation sites is 1. The highest BCUT2D eigenvalue weighted by molar-refractivity contribution is 7.93. The molecular formula is C28H27N3O6S2. The maximum Gasteiger partial charge on any atom is 0.262 e. The van der Waals surface area contributed by atoms with Gasteiger partial charge in [-0.15, -0.1) is 0 Å². The lowest BCUT2D eigenvalue weighted by Gasteiger charge is -2.14. The molecule has 0 aliphatic rings. The van der Waals surface area contributed by atoms with Crippen LogP contribution in [0.25, 0.3) is 0 Å². The molecule has 0 spiro atoms. The molecule has 202 valence electrons. The minimum absolute atomic E-state index is 0.0182. The number of carbonyl (C=O) groups is 1. The number of ether oxygens (including phenoxy) is 1. The summed E-state index contributed by atoms with van der Waals surface area (Å²) in [6, 6.07) is 23.3. The lowest BCUT2D eigenvalue weighted by atomic mass is 10.1. The van der Waals surface area contributed by atoms with Gasteiger partial charge in [0.2, 0.25) is 0 Å². The summed E-state index contributed by atoms with van der Waals surface area (Å²) in [5.74, 6) is -0.194. The van der Waals surface area contributed by atoms with Gasteiger partial charge in [0.15, 0.2) is 0 Å². The molecule has 0 radical (unpaired) electrons. The number of hydrogen-bond acceptors (Lipinski definition) is 6. The topological polar surface area (TPSA) is 131 Å². The normalized spacial score (nSPS) is 11.5. The van der Waals surface area contributed by atoms with Crippen molar-refractivity contribution in [3.63, 3.8) is 0 Å².